The molecule has 1 aromatic heterocycles. The third kappa shape index (κ3) is 3.09. The number of pyridine rings is 1. The van der Waals surface area contributed by atoms with Crippen molar-refractivity contribution in [2.75, 3.05) is 43.8 Å². The number of likely N-dealkylation sites (N-methyl/N-ethyl adjacent to an activating group) is 1. The summed E-state index contributed by atoms with van der Waals surface area (Å²) in [7, 11) is 0. The summed E-state index contributed by atoms with van der Waals surface area (Å²) >= 11 is 0. The molecule has 1 aliphatic heterocycles. The standard InChI is InChI=1S/C16H22N4O/c1-2-20-8-9-21-12(11-20)10-19-15-6-5-14(17)13-4-3-7-18-16(13)15/h3-7,12,19H,2,8-11,17H2,1H3. The molecule has 0 radical (unpaired) electrons. The predicted molar refractivity (Wildman–Crippen MR) is 86.5 cm³/mol. The van der Waals surface area contributed by atoms with Crippen molar-refractivity contribution in [1.29, 1.82) is 0 Å². The van der Waals surface area contributed by atoms with Gasteiger partial charge in [-0.25, -0.2) is 0 Å². The van der Waals surface area contributed by atoms with E-state index in [1.807, 2.05) is 24.3 Å². The Hall–Kier alpha value is -1.85. The van der Waals surface area contributed by atoms with Gasteiger partial charge in [0.15, 0.2) is 0 Å². The second-order valence-electron chi connectivity index (χ2n) is 5.37. The molecule has 1 aromatic carbocycles. The van der Waals surface area contributed by atoms with E-state index >= 15 is 0 Å². The second kappa shape index (κ2) is 6.28. The first kappa shape index (κ1) is 14.1. The zero-order chi connectivity index (χ0) is 14.7. The fourth-order valence-electron chi connectivity index (χ4n) is 2.75. The van der Waals surface area contributed by atoms with Crippen molar-refractivity contribution in [2.24, 2.45) is 0 Å². The van der Waals surface area contributed by atoms with Gasteiger partial charge in [0.05, 0.1) is 23.9 Å². The monoisotopic (exact) mass is 286 g/mol. The van der Waals surface area contributed by atoms with E-state index in [1.54, 1.807) is 6.20 Å². The summed E-state index contributed by atoms with van der Waals surface area (Å²) in [4.78, 5) is 6.86. The molecule has 0 saturated carbocycles. The second-order valence-corrected chi connectivity index (χ2v) is 5.37. The topological polar surface area (TPSA) is 63.4 Å². The number of nitrogen functional groups attached to an aromatic ring is 1. The van der Waals surface area contributed by atoms with Gasteiger partial charge < -0.3 is 15.8 Å². The molecule has 21 heavy (non-hydrogen) atoms. The maximum Gasteiger partial charge on any atom is 0.0953 e. The number of benzene rings is 1. The van der Waals surface area contributed by atoms with Crippen molar-refractivity contribution in [3.63, 3.8) is 0 Å². The first-order valence-electron chi connectivity index (χ1n) is 7.49. The number of rotatable bonds is 4. The highest BCUT2D eigenvalue weighted by Gasteiger charge is 2.19. The molecule has 0 bridgehead atoms. The summed E-state index contributed by atoms with van der Waals surface area (Å²) in [5, 5.41) is 4.45. The van der Waals surface area contributed by atoms with Crippen LogP contribution in [0.1, 0.15) is 6.92 Å². The number of nitrogens with one attached hydrogen (secondary N) is 1. The Balaban J connectivity index is 1.72. The number of hydrogen-bond donors (Lipinski definition) is 2. The van der Waals surface area contributed by atoms with Crippen LogP contribution in [0.4, 0.5) is 11.4 Å². The summed E-state index contributed by atoms with van der Waals surface area (Å²) in [5.41, 5.74) is 8.69. The number of morpholine rings is 1. The molecule has 5 nitrogen and oxygen atoms in total. The van der Waals surface area contributed by atoms with E-state index in [2.05, 4.69) is 22.1 Å². The van der Waals surface area contributed by atoms with Gasteiger partial charge in [-0.2, -0.15) is 0 Å². The Labute approximate surface area is 125 Å². The van der Waals surface area contributed by atoms with Gasteiger partial charge in [0.1, 0.15) is 0 Å². The molecule has 1 atom stereocenters. The van der Waals surface area contributed by atoms with Crippen molar-refractivity contribution in [1.82, 2.24) is 9.88 Å². The summed E-state index contributed by atoms with van der Waals surface area (Å²) in [6, 6.07) is 7.82. The average molecular weight is 286 g/mol. The molecule has 1 aliphatic rings. The van der Waals surface area contributed by atoms with Crippen LogP contribution in [0.3, 0.4) is 0 Å². The van der Waals surface area contributed by atoms with Gasteiger partial charge in [-0.3, -0.25) is 9.88 Å². The number of anilines is 2. The lowest BCUT2D eigenvalue weighted by Gasteiger charge is -2.32. The Bertz CT molecular complexity index is 616. The van der Waals surface area contributed by atoms with E-state index in [9.17, 15) is 0 Å². The van der Waals surface area contributed by atoms with Crippen molar-refractivity contribution >= 4 is 22.3 Å². The number of fused-ring (bicyclic) bond motifs is 1. The molecule has 0 spiro atoms. The van der Waals surface area contributed by atoms with Gasteiger partial charge in [0.25, 0.3) is 0 Å². The van der Waals surface area contributed by atoms with Crippen LogP contribution in [-0.2, 0) is 4.74 Å². The van der Waals surface area contributed by atoms with Crippen LogP contribution in [0.2, 0.25) is 0 Å². The third-order valence-corrected chi connectivity index (χ3v) is 3.99. The quantitative estimate of drug-likeness (QED) is 0.841. The largest absolute Gasteiger partial charge is 0.398 e. The van der Waals surface area contributed by atoms with Crippen molar-refractivity contribution < 1.29 is 4.74 Å². The Morgan fingerprint density at radius 1 is 1.43 bits per heavy atom. The fraction of sp³-hybridized carbons (Fsp3) is 0.438. The summed E-state index contributed by atoms with van der Waals surface area (Å²) in [6.07, 6.45) is 2.01. The summed E-state index contributed by atoms with van der Waals surface area (Å²) in [5.74, 6) is 0. The minimum atomic E-state index is 0.218. The smallest absolute Gasteiger partial charge is 0.0953 e. The van der Waals surface area contributed by atoms with Gasteiger partial charge in [0.2, 0.25) is 0 Å². The molecule has 112 valence electrons. The summed E-state index contributed by atoms with van der Waals surface area (Å²) in [6.45, 7) is 6.86. The van der Waals surface area contributed by atoms with E-state index in [0.717, 1.165) is 55.1 Å². The zero-order valence-electron chi connectivity index (χ0n) is 12.4. The first-order valence-corrected chi connectivity index (χ1v) is 7.49. The molecule has 1 unspecified atom stereocenters. The minimum Gasteiger partial charge on any atom is -0.398 e. The van der Waals surface area contributed by atoms with Gasteiger partial charge in [-0.1, -0.05) is 6.92 Å². The van der Waals surface area contributed by atoms with Gasteiger partial charge >= 0.3 is 0 Å². The van der Waals surface area contributed by atoms with Gasteiger partial charge in [-0.15, -0.1) is 0 Å². The molecule has 2 aromatic rings. The molecule has 5 heteroatoms. The number of nitrogens with zero attached hydrogens (tertiary/aromatic N) is 2. The van der Waals surface area contributed by atoms with Crippen molar-refractivity contribution in [3.8, 4) is 0 Å². The van der Waals surface area contributed by atoms with Crippen LogP contribution < -0.4 is 11.1 Å². The molecule has 1 fully saturated rings. The zero-order valence-corrected chi connectivity index (χ0v) is 12.4. The number of ether oxygens (including phenoxy) is 1. The predicted octanol–water partition coefficient (Wildman–Crippen LogP) is 1.95. The Morgan fingerprint density at radius 2 is 2.33 bits per heavy atom. The van der Waals surface area contributed by atoms with Crippen molar-refractivity contribution in [2.45, 2.75) is 13.0 Å². The summed E-state index contributed by atoms with van der Waals surface area (Å²) < 4.78 is 5.82. The molecule has 1 saturated heterocycles. The molecule has 2 heterocycles. The molecule has 3 N–H and O–H groups in total. The van der Waals surface area contributed by atoms with Gasteiger partial charge in [-0.05, 0) is 30.8 Å². The lowest BCUT2D eigenvalue weighted by molar-refractivity contribution is -0.0191. The SMILES string of the molecule is CCN1CCOC(CNc2ccc(N)c3cccnc23)C1. The van der Waals surface area contributed by atoms with E-state index in [1.165, 1.54) is 0 Å². The van der Waals surface area contributed by atoms with Crippen LogP contribution >= 0.6 is 0 Å². The lowest BCUT2D eigenvalue weighted by Crippen LogP contribution is -2.45. The van der Waals surface area contributed by atoms with Crippen molar-refractivity contribution in [3.05, 3.63) is 30.5 Å². The van der Waals surface area contributed by atoms with E-state index in [4.69, 9.17) is 10.5 Å². The van der Waals surface area contributed by atoms with Crippen LogP contribution in [0.25, 0.3) is 10.9 Å². The van der Waals surface area contributed by atoms with Gasteiger partial charge in [0, 0.05) is 36.9 Å². The van der Waals surface area contributed by atoms with E-state index < -0.39 is 0 Å². The van der Waals surface area contributed by atoms with Crippen LogP contribution in [-0.4, -0.2) is 48.8 Å². The first-order chi connectivity index (χ1) is 10.3. The molecule has 3 rings (SSSR count). The fourth-order valence-corrected chi connectivity index (χ4v) is 2.75. The molecular weight excluding hydrogens is 264 g/mol. The number of nitrogens with two attached hydrogens (primary N) is 1. The normalized spacial score (nSPS) is 19.8. The van der Waals surface area contributed by atoms with Crippen LogP contribution in [0.15, 0.2) is 30.5 Å². The number of hydrogen-bond acceptors (Lipinski definition) is 5. The maximum atomic E-state index is 6.00. The van der Waals surface area contributed by atoms with Crippen LogP contribution in [0, 0.1) is 0 Å². The Kier molecular flexibility index (Phi) is 4.22. The molecule has 0 amide bonds. The Morgan fingerprint density at radius 3 is 3.19 bits per heavy atom. The number of aromatic nitrogens is 1. The highest BCUT2D eigenvalue weighted by molar-refractivity contribution is 5.98. The third-order valence-electron chi connectivity index (χ3n) is 3.99. The van der Waals surface area contributed by atoms with E-state index in [0.29, 0.717) is 0 Å². The van der Waals surface area contributed by atoms with Crippen LogP contribution in [0.5, 0.6) is 0 Å². The molecular formula is C16H22N4O. The minimum absolute atomic E-state index is 0.218. The average Bonchev–Trinajstić information content (AvgIpc) is 2.55. The van der Waals surface area contributed by atoms with E-state index in [-0.39, 0.29) is 6.10 Å². The lowest BCUT2D eigenvalue weighted by atomic mass is 10.1. The highest BCUT2D eigenvalue weighted by atomic mass is 16.5. The highest BCUT2D eigenvalue weighted by Crippen LogP contribution is 2.26. The molecule has 0 aliphatic carbocycles. The maximum absolute atomic E-state index is 6.00.